The van der Waals surface area contributed by atoms with Crippen LogP contribution in [0.2, 0.25) is 5.31 Å². The number of methoxy groups -OCH3 is 1. The van der Waals surface area contributed by atoms with Crippen molar-refractivity contribution in [3.05, 3.63) is 0 Å². The fourth-order valence-electron chi connectivity index (χ4n) is 2.86. The van der Waals surface area contributed by atoms with Crippen LogP contribution in [0.15, 0.2) is 0 Å². The van der Waals surface area contributed by atoms with Gasteiger partial charge in [0.1, 0.15) is 0 Å². The van der Waals surface area contributed by atoms with Gasteiger partial charge in [0.15, 0.2) is 0 Å². The van der Waals surface area contributed by atoms with Crippen molar-refractivity contribution in [2.75, 3.05) is 20.3 Å². The van der Waals surface area contributed by atoms with Gasteiger partial charge in [-0.15, -0.1) is 0 Å². The van der Waals surface area contributed by atoms with Crippen molar-refractivity contribution in [1.82, 2.24) is 0 Å². The number of esters is 1. The maximum atomic E-state index is 13.0. The van der Waals surface area contributed by atoms with Gasteiger partial charge in [-0.3, -0.25) is 4.79 Å². The summed E-state index contributed by atoms with van der Waals surface area (Å²) in [6, 6.07) is 0. The third kappa shape index (κ3) is 2.49. The minimum atomic E-state index is -4.99. The molecule has 0 aromatic rings. The van der Waals surface area contributed by atoms with Crippen molar-refractivity contribution in [3.63, 3.8) is 0 Å². The Balaban J connectivity index is 0.00000144. The maximum absolute atomic E-state index is 13.0. The first-order valence-electron chi connectivity index (χ1n) is 5.21. The van der Waals surface area contributed by atoms with Crippen LogP contribution in [0.25, 0.3) is 0 Å². The molecule has 2 unspecified atom stereocenters. The van der Waals surface area contributed by atoms with Crippen molar-refractivity contribution in [3.8, 4) is 0 Å². The van der Waals surface area contributed by atoms with E-state index in [1.807, 2.05) is 0 Å². The van der Waals surface area contributed by atoms with E-state index >= 15 is 0 Å². The van der Waals surface area contributed by atoms with Gasteiger partial charge >= 0.3 is 64.3 Å². The van der Waals surface area contributed by atoms with Gasteiger partial charge in [0.2, 0.25) is 0 Å². The first kappa shape index (κ1) is 16.0. The SMILES string of the molecule is COC(=O)C12CCC([B-](F)(F)F)(COC1)C2.[K+]. The third-order valence-electron chi connectivity index (χ3n) is 3.87. The number of ether oxygens (including phenoxy) is 2. The second-order valence-electron chi connectivity index (χ2n) is 4.88. The molecule has 0 spiro atoms. The van der Waals surface area contributed by atoms with E-state index in [0.29, 0.717) is 0 Å². The van der Waals surface area contributed by atoms with E-state index < -0.39 is 23.7 Å². The Labute approximate surface area is 140 Å². The van der Waals surface area contributed by atoms with E-state index in [-0.39, 0.29) is 83.9 Å². The number of rotatable bonds is 2. The average molecular weight is 276 g/mol. The predicted octanol–water partition coefficient (Wildman–Crippen LogP) is -1.05. The van der Waals surface area contributed by atoms with Crippen LogP contribution < -0.4 is 51.4 Å². The zero-order valence-corrected chi connectivity index (χ0v) is 13.1. The molecule has 1 saturated heterocycles. The molecule has 1 saturated carbocycles. The molecule has 1 heterocycles. The van der Waals surface area contributed by atoms with Gasteiger partial charge in [0.25, 0.3) is 0 Å². The van der Waals surface area contributed by atoms with E-state index in [4.69, 9.17) is 4.74 Å². The van der Waals surface area contributed by atoms with Gasteiger partial charge in [-0.25, -0.2) is 0 Å². The smallest absolute Gasteiger partial charge is 0.469 e. The standard InChI is InChI=1S/C9H13BF3O3.K/c1-15-7(14)8-2-3-9(4-8,6-16-5-8)10(11,12)13;/h2-6H2,1H3;/q-1;+1. The van der Waals surface area contributed by atoms with Crippen LogP contribution >= 0.6 is 0 Å². The topological polar surface area (TPSA) is 35.5 Å². The normalized spacial score (nSPS) is 36.2. The first-order chi connectivity index (χ1) is 7.35. The van der Waals surface area contributed by atoms with Gasteiger partial charge in [-0.1, -0.05) is 12.8 Å². The second kappa shape index (κ2) is 5.13. The summed E-state index contributed by atoms with van der Waals surface area (Å²) in [5.41, 5.74) is -1.07. The van der Waals surface area contributed by atoms with Crippen LogP contribution in [-0.2, 0) is 14.3 Å². The molecule has 2 fully saturated rings. The summed E-state index contributed by atoms with van der Waals surface area (Å²) in [5.74, 6) is -0.575. The molecule has 2 atom stereocenters. The van der Waals surface area contributed by atoms with Crippen molar-refractivity contribution >= 4 is 12.9 Å². The Hall–Kier alpha value is 0.921. The van der Waals surface area contributed by atoms with E-state index in [1.165, 1.54) is 7.11 Å². The molecule has 8 heteroatoms. The quantitative estimate of drug-likeness (QED) is 0.477. The number of carbonyl (C=O) groups excluding carboxylic acids is 1. The predicted molar refractivity (Wildman–Crippen MR) is 50.9 cm³/mol. The zero-order valence-electron chi connectivity index (χ0n) is 9.97. The molecule has 0 aromatic heterocycles. The van der Waals surface area contributed by atoms with Gasteiger partial charge in [-0.2, -0.15) is 0 Å². The fourth-order valence-corrected chi connectivity index (χ4v) is 2.86. The van der Waals surface area contributed by atoms with E-state index in [0.717, 1.165) is 0 Å². The summed E-state index contributed by atoms with van der Waals surface area (Å²) in [4.78, 5) is 11.6. The Bertz CT molecular complexity index is 325. The molecular formula is C9H13BF3KO3. The maximum Gasteiger partial charge on any atom is 1.00 e. The molecule has 17 heavy (non-hydrogen) atoms. The number of halogens is 3. The Morgan fingerprint density at radius 3 is 2.47 bits per heavy atom. The number of carbonyl (C=O) groups is 1. The van der Waals surface area contributed by atoms with Gasteiger partial charge in [0.05, 0.1) is 19.1 Å². The van der Waals surface area contributed by atoms with Crippen molar-refractivity contribution < 1.29 is 78.6 Å². The van der Waals surface area contributed by atoms with Gasteiger partial charge in [-0.05, 0) is 11.7 Å². The molecule has 0 N–H and O–H groups in total. The number of fused-ring (bicyclic) bond motifs is 2. The first-order valence-corrected chi connectivity index (χ1v) is 5.21. The Morgan fingerprint density at radius 2 is 1.94 bits per heavy atom. The van der Waals surface area contributed by atoms with Crippen LogP contribution in [0, 0.1) is 5.41 Å². The summed E-state index contributed by atoms with van der Waals surface area (Å²) >= 11 is 0. The largest absolute Gasteiger partial charge is 1.00 e. The second-order valence-corrected chi connectivity index (χ2v) is 4.88. The van der Waals surface area contributed by atoms with Crippen molar-refractivity contribution in [1.29, 1.82) is 0 Å². The molecule has 2 aliphatic rings. The number of hydrogen-bond donors (Lipinski definition) is 0. The molecular weight excluding hydrogens is 263 g/mol. The minimum absolute atomic E-state index is 0. The molecule has 2 bridgehead atoms. The minimum Gasteiger partial charge on any atom is -0.469 e. The molecule has 0 amide bonds. The monoisotopic (exact) mass is 276 g/mol. The van der Waals surface area contributed by atoms with Crippen LogP contribution in [0.3, 0.4) is 0 Å². The summed E-state index contributed by atoms with van der Waals surface area (Å²) < 4.78 is 48.6. The molecule has 3 nitrogen and oxygen atoms in total. The van der Waals surface area contributed by atoms with Crippen molar-refractivity contribution in [2.45, 2.75) is 24.6 Å². The van der Waals surface area contributed by atoms with Gasteiger partial charge < -0.3 is 22.4 Å². The Morgan fingerprint density at radius 1 is 1.29 bits per heavy atom. The zero-order chi connectivity index (χ0) is 12.0. The van der Waals surface area contributed by atoms with Crippen LogP contribution in [0.1, 0.15) is 19.3 Å². The van der Waals surface area contributed by atoms with Crippen molar-refractivity contribution in [2.24, 2.45) is 5.41 Å². The van der Waals surface area contributed by atoms with E-state index in [9.17, 15) is 17.7 Å². The summed E-state index contributed by atoms with van der Waals surface area (Å²) in [5, 5.41) is -1.79. The Kier molecular flexibility index (Phi) is 4.82. The van der Waals surface area contributed by atoms with E-state index in [2.05, 4.69) is 4.74 Å². The average Bonchev–Trinajstić information content (AvgIpc) is 2.51. The summed E-state index contributed by atoms with van der Waals surface area (Å²) in [7, 11) is 1.20. The molecule has 0 aromatic carbocycles. The van der Waals surface area contributed by atoms with Crippen LogP contribution in [0.4, 0.5) is 12.9 Å². The van der Waals surface area contributed by atoms with Gasteiger partial charge in [0, 0.05) is 6.61 Å². The number of hydrogen-bond acceptors (Lipinski definition) is 3. The molecule has 0 radical (unpaired) electrons. The fraction of sp³-hybridized carbons (Fsp3) is 0.889. The summed E-state index contributed by atoms with van der Waals surface area (Å²) in [6.45, 7) is -5.25. The summed E-state index contributed by atoms with van der Waals surface area (Å²) in [6.07, 6.45) is 0.0166. The van der Waals surface area contributed by atoms with E-state index in [1.54, 1.807) is 0 Å². The van der Waals surface area contributed by atoms with Crippen LogP contribution in [-0.4, -0.2) is 33.3 Å². The molecule has 1 aliphatic carbocycles. The molecule has 92 valence electrons. The molecule has 1 aliphatic heterocycles. The third-order valence-corrected chi connectivity index (χ3v) is 3.87. The van der Waals surface area contributed by atoms with Crippen LogP contribution in [0.5, 0.6) is 0 Å². The molecule has 2 rings (SSSR count).